The normalized spacial score (nSPS) is 29.1. The summed E-state index contributed by atoms with van der Waals surface area (Å²) in [7, 11) is 2.24. The number of fused-ring (bicyclic) bond motifs is 3. The molecule has 0 radical (unpaired) electrons. The molecule has 2 fully saturated rings. The fourth-order valence-corrected chi connectivity index (χ4v) is 4.12. The molecule has 0 spiro atoms. The first-order valence-corrected chi connectivity index (χ1v) is 7.67. The van der Waals surface area contributed by atoms with Crippen molar-refractivity contribution in [2.75, 3.05) is 7.05 Å². The Morgan fingerprint density at radius 1 is 1.29 bits per heavy atom. The Kier molecular flexibility index (Phi) is 2.82. The van der Waals surface area contributed by atoms with Crippen LogP contribution in [0.2, 0.25) is 0 Å². The Hall–Kier alpha value is -1.81. The number of rotatable bonds is 2. The Bertz CT molecular complexity index is 692. The molecular weight excluding hydrogens is 264 g/mol. The topological polar surface area (TPSA) is 59.5 Å². The lowest BCUT2D eigenvalue weighted by atomic mass is 9.89. The van der Waals surface area contributed by atoms with Crippen molar-refractivity contribution >= 4 is 16.9 Å². The first-order chi connectivity index (χ1) is 10.1. The van der Waals surface area contributed by atoms with Crippen LogP contribution in [-0.2, 0) is 0 Å². The molecule has 21 heavy (non-hydrogen) atoms. The molecule has 2 N–H and O–H groups in total. The van der Waals surface area contributed by atoms with Crippen LogP contribution in [0.15, 0.2) is 28.7 Å². The van der Waals surface area contributed by atoms with Gasteiger partial charge in [-0.3, -0.25) is 4.79 Å². The van der Waals surface area contributed by atoms with E-state index in [4.69, 9.17) is 10.2 Å². The molecule has 4 rings (SSSR count). The highest BCUT2D eigenvalue weighted by molar-refractivity contribution is 6.04. The van der Waals surface area contributed by atoms with Crippen LogP contribution in [0.3, 0.4) is 0 Å². The monoisotopic (exact) mass is 284 g/mol. The molecule has 2 aliphatic heterocycles. The van der Waals surface area contributed by atoms with E-state index >= 15 is 0 Å². The minimum atomic E-state index is -0.426. The molecule has 2 atom stereocenters. The molecule has 2 aromatic rings. The molecule has 2 saturated heterocycles. The van der Waals surface area contributed by atoms with E-state index in [1.807, 2.05) is 12.1 Å². The van der Waals surface area contributed by atoms with Gasteiger partial charge in [0.2, 0.25) is 0 Å². The van der Waals surface area contributed by atoms with Crippen LogP contribution >= 0.6 is 0 Å². The van der Waals surface area contributed by atoms with E-state index in [9.17, 15) is 4.79 Å². The first-order valence-electron chi connectivity index (χ1n) is 7.67. The van der Waals surface area contributed by atoms with Crippen molar-refractivity contribution in [3.8, 4) is 0 Å². The number of nitrogens with two attached hydrogens (primary N) is 1. The molecule has 4 nitrogen and oxygen atoms in total. The molecule has 0 saturated carbocycles. The van der Waals surface area contributed by atoms with Gasteiger partial charge in [-0.2, -0.15) is 0 Å². The van der Waals surface area contributed by atoms with Crippen LogP contribution in [0.5, 0.6) is 0 Å². The van der Waals surface area contributed by atoms with Gasteiger partial charge in [-0.15, -0.1) is 0 Å². The van der Waals surface area contributed by atoms with Crippen LogP contribution < -0.4 is 5.73 Å². The number of nitrogens with zero attached hydrogens (tertiary/aromatic N) is 1. The van der Waals surface area contributed by atoms with Gasteiger partial charge in [-0.1, -0.05) is 12.1 Å². The van der Waals surface area contributed by atoms with Gasteiger partial charge in [0.25, 0.3) is 5.91 Å². The van der Waals surface area contributed by atoms with Gasteiger partial charge in [0, 0.05) is 23.4 Å². The number of benzene rings is 1. The summed E-state index contributed by atoms with van der Waals surface area (Å²) in [6, 6.07) is 9.03. The zero-order valence-electron chi connectivity index (χ0n) is 12.2. The third kappa shape index (κ3) is 1.97. The van der Waals surface area contributed by atoms with Crippen LogP contribution in [0.25, 0.3) is 11.0 Å². The second kappa shape index (κ2) is 4.60. The summed E-state index contributed by atoms with van der Waals surface area (Å²) < 4.78 is 6.04. The minimum absolute atomic E-state index is 0.426. The molecule has 110 valence electrons. The molecule has 0 aliphatic carbocycles. The summed E-state index contributed by atoms with van der Waals surface area (Å²) in [5.74, 6) is 1.06. The second-order valence-corrected chi connectivity index (χ2v) is 6.46. The van der Waals surface area contributed by atoms with Gasteiger partial charge < -0.3 is 15.1 Å². The molecule has 1 amide bonds. The number of amides is 1. The van der Waals surface area contributed by atoms with Crippen molar-refractivity contribution in [1.29, 1.82) is 0 Å². The summed E-state index contributed by atoms with van der Waals surface area (Å²) in [4.78, 5) is 14.0. The molecule has 1 aromatic carbocycles. The maximum atomic E-state index is 11.5. The van der Waals surface area contributed by atoms with Crippen molar-refractivity contribution < 1.29 is 9.21 Å². The Morgan fingerprint density at radius 2 is 2.00 bits per heavy atom. The lowest BCUT2D eigenvalue weighted by Gasteiger charge is -2.35. The summed E-state index contributed by atoms with van der Waals surface area (Å²) in [6.07, 6.45) is 4.90. The SMILES string of the molecule is CN1C2CCC1CC(c1cc3cccc(C(N)=O)c3o1)C2. The summed E-state index contributed by atoms with van der Waals surface area (Å²) >= 11 is 0. The number of hydrogen-bond acceptors (Lipinski definition) is 3. The number of piperidine rings is 1. The molecule has 2 unspecified atom stereocenters. The predicted molar refractivity (Wildman–Crippen MR) is 81.3 cm³/mol. The van der Waals surface area contributed by atoms with E-state index in [1.54, 1.807) is 6.07 Å². The molecule has 2 aliphatic rings. The predicted octanol–water partition coefficient (Wildman–Crippen LogP) is 2.87. The smallest absolute Gasteiger partial charge is 0.252 e. The summed E-state index contributed by atoms with van der Waals surface area (Å²) in [5.41, 5.74) is 6.56. The number of primary amides is 1. The third-order valence-electron chi connectivity index (χ3n) is 5.33. The van der Waals surface area contributed by atoms with Crippen molar-refractivity contribution in [3.63, 3.8) is 0 Å². The van der Waals surface area contributed by atoms with Gasteiger partial charge in [-0.05, 0) is 44.9 Å². The zero-order valence-corrected chi connectivity index (χ0v) is 12.2. The van der Waals surface area contributed by atoms with E-state index in [0.717, 1.165) is 24.0 Å². The summed E-state index contributed by atoms with van der Waals surface area (Å²) in [6.45, 7) is 0. The molecular formula is C17H20N2O2. The lowest BCUT2D eigenvalue weighted by molar-refractivity contribution is 0.100. The average Bonchev–Trinajstić information content (AvgIpc) is 2.96. The van der Waals surface area contributed by atoms with Crippen LogP contribution in [-0.4, -0.2) is 29.9 Å². The van der Waals surface area contributed by atoms with E-state index in [1.165, 1.54) is 12.8 Å². The van der Waals surface area contributed by atoms with Crippen molar-refractivity contribution in [3.05, 3.63) is 35.6 Å². The maximum Gasteiger partial charge on any atom is 0.252 e. The maximum absolute atomic E-state index is 11.5. The fraction of sp³-hybridized carbons (Fsp3) is 0.471. The van der Waals surface area contributed by atoms with E-state index in [0.29, 0.717) is 29.1 Å². The highest BCUT2D eigenvalue weighted by atomic mass is 16.3. The van der Waals surface area contributed by atoms with Crippen LogP contribution in [0.1, 0.15) is 47.7 Å². The number of para-hydroxylation sites is 1. The van der Waals surface area contributed by atoms with Gasteiger partial charge in [-0.25, -0.2) is 0 Å². The molecule has 4 heteroatoms. The quantitative estimate of drug-likeness (QED) is 0.922. The highest BCUT2D eigenvalue weighted by Gasteiger charge is 2.39. The van der Waals surface area contributed by atoms with Crippen LogP contribution in [0, 0.1) is 0 Å². The summed E-state index contributed by atoms with van der Waals surface area (Å²) in [5, 5.41) is 0.979. The van der Waals surface area contributed by atoms with Crippen LogP contribution in [0.4, 0.5) is 0 Å². The zero-order chi connectivity index (χ0) is 14.6. The van der Waals surface area contributed by atoms with E-state index in [2.05, 4.69) is 18.0 Å². The Balaban J connectivity index is 1.72. The van der Waals surface area contributed by atoms with Crippen molar-refractivity contribution in [1.82, 2.24) is 4.90 Å². The lowest BCUT2D eigenvalue weighted by Crippen LogP contribution is -2.38. The van der Waals surface area contributed by atoms with Gasteiger partial charge in [0.15, 0.2) is 0 Å². The molecule has 2 bridgehead atoms. The average molecular weight is 284 g/mol. The largest absolute Gasteiger partial charge is 0.460 e. The van der Waals surface area contributed by atoms with E-state index < -0.39 is 5.91 Å². The van der Waals surface area contributed by atoms with Gasteiger partial charge in [0.1, 0.15) is 11.3 Å². The minimum Gasteiger partial charge on any atom is -0.460 e. The Morgan fingerprint density at radius 3 is 2.67 bits per heavy atom. The first kappa shape index (κ1) is 12.9. The fourth-order valence-electron chi connectivity index (χ4n) is 4.12. The third-order valence-corrected chi connectivity index (χ3v) is 5.33. The number of hydrogen-bond donors (Lipinski definition) is 1. The van der Waals surface area contributed by atoms with Crippen molar-refractivity contribution in [2.24, 2.45) is 5.73 Å². The standard InChI is InChI=1S/C17H20N2O2/c1-19-12-5-6-13(19)8-11(7-12)15-9-10-3-2-4-14(17(18)20)16(10)21-15/h2-4,9,11-13H,5-8H2,1H3,(H2,18,20). The molecule has 3 heterocycles. The highest BCUT2D eigenvalue weighted by Crippen LogP contribution is 2.43. The molecule has 1 aromatic heterocycles. The second-order valence-electron chi connectivity index (χ2n) is 6.46. The number of furan rings is 1. The number of carbonyl (C=O) groups is 1. The van der Waals surface area contributed by atoms with Crippen molar-refractivity contribution in [2.45, 2.75) is 43.7 Å². The van der Waals surface area contributed by atoms with Gasteiger partial charge in [0.05, 0.1) is 5.56 Å². The van der Waals surface area contributed by atoms with Gasteiger partial charge >= 0.3 is 0 Å². The van der Waals surface area contributed by atoms with E-state index in [-0.39, 0.29) is 0 Å². The number of carbonyl (C=O) groups excluding carboxylic acids is 1. The Labute approximate surface area is 123 Å².